The second-order valence-electron chi connectivity index (χ2n) is 4.33. The van der Waals surface area contributed by atoms with Gasteiger partial charge in [0.1, 0.15) is 5.69 Å². The summed E-state index contributed by atoms with van der Waals surface area (Å²) >= 11 is 0. The molecule has 0 bridgehead atoms. The molecule has 4 nitrogen and oxygen atoms in total. The lowest BCUT2D eigenvalue weighted by atomic mass is 10.1. The molecule has 4 heteroatoms. The highest BCUT2D eigenvalue weighted by Crippen LogP contribution is 2.06. The number of aliphatic hydroxyl groups is 1. The molecule has 0 radical (unpaired) electrons. The van der Waals surface area contributed by atoms with E-state index in [1.807, 2.05) is 37.3 Å². The molecule has 1 aromatic carbocycles. The minimum Gasteiger partial charge on any atom is -0.392 e. The van der Waals surface area contributed by atoms with Gasteiger partial charge in [0.2, 0.25) is 0 Å². The van der Waals surface area contributed by atoms with Crippen LogP contribution in [0.2, 0.25) is 0 Å². The van der Waals surface area contributed by atoms with Crippen LogP contribution in [-0.2, 0) is 13.2 Å². The molecular formula is C15H16N2O2. The van der Waals surface area contributed by atoms with Gasteiger partial charge in [-0.25, -0.2) is 0 Å². The molecule has 2 rings (SSSR count). The van der Waals surface area contributed by atoms with Crippen molar-refractivity contribution in [2.24, 2.45) is 0 Å². The van der Waals surface area contributed by atoms with Crippen LogP contribution in [-0.4, -0.2) is 16.0 Å². The SMILES string of the molecule is Cc1cccnc1C(=O)NCc1ccc(CO)cc1. The van der Waals surface area contributed by atoms with Gasteiger partial charge in [-0.1, -0.05) is 30.3 Å². The number of hydrogen-bond acceptors (Lipinski definition) is 3. The molecule has 98 valence electrons. The normalized spacial score (nSPS) is 10.2. The van der Waals surface area contributed by atoms with Crippen LogP contribution in [0.1, 0.15) is 27.2 Å². The zero-order chi connectivity index (χ0) is 13.7. The molecule has 0 fully saturated rings. The molecule has 1 amide bonds. The van der Waals surface area contributed by atoms with Crippen molar-refractivity contribution in [3.8, 4) is 0 Å². The molecule has 0 atom stereocenters. The number of rotatable bonds is 4. The van der Waals surface area contributed by atoms with Crippen LogP contribution in [0.15, 0.2) is 42.6 Å². The van der Waals surface area contributed by atoms with Crippen molar-refractivity contribution >= 4 is 5.91 Å². The summed E-state index contributed by atoms with van der Waals surface area (Å²) in [6.07, 6.45) is 1.61. The summed E-state index contributed by atoms with van der Waals surface area (Å²) in [7, 11) is 0. The number of aryl methyl sites for hydroxylation is 1. The van der Waals surface area contributed by atoms with Crippen molar-refractivity contribution in [2.45, 2.75) is 20.1 Å². The number of carbonyl (C=O) groups excluding carboxylic acids is 1. The highest BCUT2D eigenvalue weighted by molar-refractivity contribution is 5.93. The molecule has 0 aliphatic carbocycles. The molecule has 0 unspecified atom stereocenters. The summed E-state index contributed by atoms with van der Waals surface area (Å²) in [5, 5.41) is 11.8. The Morgan fingerprint density at radius 3 is 2.53 bits per heavy atom. The van der Waals surface area contributed by atoms with E-state index in [1.165, 1.54) is 0 Å². The highest BCUT2D eigenvalue weighted by atomic mass is 16.3. The average Bonchev–Trinajstić information content (AvgIpc) is 2.46. The zero-order valence-electron chi connectivity index (χ0n) is 10.8. The minimum atomic E-state index is -0.177. The number of carbonyl (C=O) groups is 1. The maximum absolute atomic E-state index is 11.9. The Labute approximate surface area is 112 Å². The molecule has 2 aromatic rings. The summed E-state index contributed by atoms with van der Waals surface area (Å²) in [4.78, 5) is 16.0. The number of benzene rings is 1. The number of amides is 1. The van der Waals surface area contributed by atoms with Crippen molar-refractivity contribution in [2.75, 3.05) is 0 Å². The van der Waals surface area contributed by atoms with E-state index < -0.39 is 0 Å². The van der Waals surface area contributed by atoms with Crippen LogP contribution in [0, 0.1) is 6.92 Å². The monoisotopic (exact) mass is 256 g/mol. The molecule has 0 aliphatic rings. The van der Waals surface area contributed by atoms with E-state index in [4.69, 9.17) is 5.11 Å². The first-order valence-corrected chi connectivity index (χ1v) is 6.09. The Kier molecular flexibility index (Phi) is 4.26. The Balaban J connectivity index is 1.98. The number of nitrogens with zero attached hydrogens (tertiary/aromatic N) is 1. The second-order valence-corrected chi connectivity index (χ2v) is 4.33. The quantitative estimate of drug-likeness (QED) is 0.877. The topological polar surface area (TPSA) is 62.2 Å². The van der Waals surface area contributed by atoms with Crippen LogP contribution in [0.3, 0.4) is 0 Å². The summed E-state index contributed by atoms with van der Waals surface area (Å²) in [6.45, 7) is 2.33. The fourth-order valence-electron chi connectivity index (χ4n) is 1.75. The Morgan fingerprint density at radius 1 is 1.21 bits per heavy atom. The third kappa shape index (κ3) is 3.39. The molecule has 0 saturated carbocycles. The summed E-state index contributed by atoms with van der Waals surface area (Å²) in [6, 6.07) is 11.1. The molecule has 2 N–H and O–H groups in total. The van der Waals surface area contributed by atoms with Crippen LogP contribution in [0.5, 0.6) is 0 Å². The third-order valence-corrected chi connectivity index (χ3v) is 2.88. The smallest absolute Gasteiger partial charge is 0.270 e. The maximum atomic E-state index is 11.9. The van der Waals surface area contributed by atoms with E-state index in [1.54, 1.807) is 12.3 Å². The van der Waals surface area contributed by atoms with E-state index >= 15 is 0 Å². The molecule has 0 spiro atoms. The van der Waals surface area contributed by atoms with Crippen LogP contribution < -0.4 is 5.32 Å². The molecule has 1 aromatic heterocycles. The van der Waals surface area contributed by atoms with E-state index in [9.17, 15) is 4.79 Å². The summed E-state index contributed by atoms with van der Waals surface area (Å²) in [5.41, 5.74) is 3.15. The predicted octanol–water partition coefficient (Wildman–Crippen LogP) is 1.81. The van der Waals surface area contributed by atoms with Crippen molar-refractivity contribution in [1.29, 1.82) is 0 Å². The number of pyridine rings is 1. The van der Waals surface area contributed by atoms with Gasteiger partial charge in [-0.15, -0.1) is 0 Å². The zero-order valence-corrected chi connectivity index (χ0v) is 10.8. The van der Waals surface area contributed by atoms with E-state index in [-0.39, 0.29) is 12.5 Å². The van der Waals surface area contributed by atoms with Gasteiger partial charge in [-0.2, -0.15) is 0 Å². The van der Waals surface area contributed by atoms with Crippen molar-refractivity contribution in [3.05, 3.63) is 65.0 Å². The van der Waals surface area contributed by atoms with E-state index in [0.717, 1.165) is 16.7 Å². The number of aromatic nitrogens is 1. The van der Waals surface area contributed by atoms with Gasteiger partial charge in [0, 0.05) is 12.7 Å². The van der Waals surface area contributed by atoms with E-state index in [0.29, 0.717) is 12.2 Å². The van der Waals surface area contributed by atoms with Gasteiger partial charge in [0.05, 0.1) is 6.61 Å². The highest BCUT2D eigenvalue weighted by Gasteiger charge is 2.09. The van der Waals surface area contributed by atoms with Crippen molar-refractivity contribution in [1.82, 2.24) is 10.3 Å². The Hall–Kier alpha value is -2.20. The fourth-order valence-corrected chi connectivity index (χ4v) is 1.75. The van der Waals surface area contributed by atoms with Gasteiger partial charge >= 0.3 is 0 Å². The molecule has 0 saturated heterocycles. The molecular weight excluding hydrogens is 240 g/mol. The van der Waals surface area contributed by atoms with Crippen molar-refractivity contribution < 1.29 is 9.90 Å². The fraction of sp³-hybridized carbons (Fsp3) is 0.200. The molecule has 0 aliphatic heterocycles. The largest absolute Gasteiger partial charge is 0.392 e. The standard InChI is InChI=1S/C15H16N2O2/c1-11-3-2-8-16-14(11)15(19)17-9-12-4-6-13(10-18)7-5-12/h2-8,18H,9-10H2,1H3,(H,17,19). The summed E-state index contributed by atoms with van der Waals surface area (Å²) in [5.74, 6) is -0.177. The summed E-state index contributed by atoms with van der Waals surface area (Å²) < 4.78 is 0. The lowest BCUT2D eigenvalue weighted by Crippen LogP contribution is -2.24. The third-order valence-electron chi connectivity index (χ3n) is 2.88. The van der Waals surface area contributed by atoms with Crippen LogP contribution in [0.4, 0.5) is 0 Å². The average molecular weight is 256 g/mol. The van der Waals surface area contributed by atoms with Gasteiger partial charge in [-0.05, 0) is 29.7 Å². The lowest BCUT2D eigenvalue weighted by molar-refractivity contribution is 0.0945. The minimum absolute atomic E-state index is 0.0275. The van der Waals surface area contributed by atoms with E-state index in [2.05, 4.69) is 10.3 Å². The van der Waals surface area contributed by atoms with Crippen LogP contribution >= 0.6 is 0 Å². The molecule has 19 heavy (non-hydrogen) atoms. The Bertz CT molecular complexity index is 565. The van der Waals surface area contributed by atoms with Gasteiger partial charge in [0.25, 0.3) is 5.91 Å². The number of nitrogens with one attached hydrogen (secondary N) is 1. The van der Waals surface area contributed by atoms with Crippen LogP contribution in [0.25, 0.3) is 0 Å². The first-order chi connectivity index (χ1) is 9.20. The Morgan fingerprint density at radius 2 is 1.89 bits per heavy atom. The number of aliphatic hydroxyl groups excluding tert-OH is 1. The lowest BCUT2D eigenvalue weighted by Gasteiger charge is -2.07. The first kappa shape index (κ1) is 13.2. The van der Waals surface area contributed by atoms with Gasteiger partial charge in [0.15, 0.2) is 0 Å². The first-order valence-electron chi connectivity index (χ1n) is 6.09. The maximum Gasteiger partial charge on any atom is 0.270 e. The van der Waals surface area contributed by atoms with Gasteiger partial charge in [-0.3, -0.25) is 9.78 Å². The molecule has 1 heterocycles. The van der Waals surface area contributed by atoms with Crippen molar-refractivity contribution in [3.63, 3.8) is 0 Å². The predicted molar refractivity (Wildman–Crippen MR) is 72.5 cm³/mol. The van der Waals surface area contributed by atoms with Gasteiger partial charge < -0.3 is 10.4 Å². The second kappa shape index (κ2) is 6.11. The number of hydrogen-bond donors (Lipinski definition) is 2.